The van der Waals surface area contributed by atoms with Crippen molar-refractivity contribution in [3.63, 3.8) is 0 Å². The Labute approximate surface area is 128 Å². The average Bonchev–Trinajstić information content (AvgIpc) is 2.71. The van der Waals surface area contributed by atoms with Gasteiger partial charge in [-0.25, -0.2) is 18.7 Å². The lowest BCUT2D eigenvalue weighted by Crippen LogP contribution is -2.52. The summed E-state index contributed by atoms with van der Waals surface area (Å²) in [7, 11) is 0. The Morgan fingerprint density at radius 3 is 2.50 bits per heavy atom. The molecule has 3 rings (SSSR count). The number of likely N-dealkylation sites (tertiary alicyclic amines) is 1. The Morgan fingerprint density at radius 2 is 1.95 bits per heavy atom. The van der Waals surface area contributed by atoms with Crippen LogP contribution in [0.1, 0.15) is 51.6 Å². The second kappa shape index (κ2) is 4.94. The van der Waals surface area contributed by atoms with Crippen LogP contribution < -0.4 is 5.32 Å². The number of hydrogen-bond donors (Lipinski definition) is 1. The summed E-state index contributed by atoms with van der Waals surface area (Å²) < 4.78 is 25.7. The highest BCUT2D eigenvalue weighted by Crippen LogP contribution is 2.44. The van der Waals surface area contributed by atoms with E-state index in [0.29, 0.717) is 24.2 Å². The highest BCUT2D eigenvalue weighted by atomic mass is 19.3. The number of halogens is 2. The van der Waals surface area contributed by atoms with E-state index in [0.717, 1.165) is 13.1 Å². The number of rotatable bonds is 1. The normalized spacial score (nSPS) is 21.3. The molecule has 0 aliphatic carbocycles. The molecule has 1 aromatic rings. The van der Waals surface area contributed by atoms with E-state index in [1.54, 1.807) is 0 Å². The molecular formula is C15H20F2N4O. The van der Waals surface area contributed by atoms with Crippen LogP contribution in [0.2, 0.25) is 0 Å². The lowest BCUT2D eigenvalue weighted by Gasteiger charge is -2.43. The Hall–Kier alpha value is -1.63. The van der Waals surface area contributed by atoms with Crippen LogP contribution in [0.5, 0.6) is 0 Å². The van der Waals surface area contributed by atoms with Gasteiger partial charge in [0.25, 0.3) is 6.43 Å². The summed E-state index contributed by atoms with van der Waals surface area (Å²) in [6.45, 7) is 7.87. The zero-order valence-corrected chi connectivity index (χ0v) is 13.0. The van der Waals surface area contributed by atoms with E-state index >= 15 is 0 Å². The van der Waals surface area contributed by atoms with E-state index in [9.17, 15) is 13.6 Å². The van der Waals surface area contributed by atoms with Crippen molar-refractivity contribution < 1.29 is 13.6 Å². The quantitative estimate of drug-likeness (QED) is 0.866. The van der Waals surface area contributed by atoms with Gasteiger partial charge in [-0.2, -0.15) is 0 Å². The molecule has 0 saturated carbocycles. The van der Waals surface area contributed by atoms with Crippen molar-refractivity contribution in [2.24, 2.45) is 0 Å². The van der Waals surface area contributed by atoms with Crippen molar-refractivity contribution in [1.29, 1.82) is 0 Å². The molecule has 1 spiro atoms. The summed E-state index contributed by atoms with van der Waals surface area (Å²) in [4.78, 5) is 22.4. The zero-order valence-electron chi connectivity index (χ0n) is 13.0. The molecule has 2 aliphatic heterocycles. The maximum Gasteiger partial charge on any atom is 0.297 e. The number of piperidine rings is 1. The highest BCUT2D eigenvalue weighted by molar-refractivity contribution is 6.05. The molecule has 1 amide bonds. The van der Waals surface area contributed by atoms with Crippen molar-refractivity contribution in [3.8, 4) is 0 Å². The van der Waals surface area contributed by atoms with Gasteiger partial charge in [0.15, 0.2) is 5.82 Å². The van der Waals surface area contributed by atoms with Gasteiger partial charge in [-0.15, -0.1) is 0 Å². The van der Waals surface area contributed by atoms with E-state index < -0.39 is 17.7 Å². The number of carbonyl (C=O) groups excluding carboxylic acids is 1. The Kier molecular flexibility index (Phi) is 3.43. The molecular weight excluding hydrogens is 290 g/mol. The molecule has 3 heterocycles. The number of fused-ring (bicyclic) bond motifs is 2. The predicted octanol–water partition coefficient (Wildman–Crippen LogP) is 2.50. The first-order valence-electron chi connectivity index (χ1n) is 7.46. The molecule has 1 saturated heterocycles. The summed E-state index contributed by atoms with van der Waals surface area (Å²) in [6, 6.07) is 0. The van der Waals surface area contributed by atoms with E-state index in [1.807, 2.05) is 0 Å². The third kappa shape index (κ3) is 2.27. The fourth-order valence-corrected chi connectivity index (χ4v) is 3.33. The monoisotopic (exact) mass is 310 g/mol. The van der Waals surface area contributed by atoms with E-state index in [1.165, 1.54) is 6.20 Å². The number of alkyl halides is 2. The van der Waals surface area contributed by atoms with Crippen LogP contribution in [0.25, 0.3) is 0 Å². The number of anilines is 1. The fourth-order valence-electron chi connectivity index (χ4n) is 3.33. The molecule has 0 radical (unpaired) electrons. The first-order chi connectivity index (χ1) is 10.2. The minimum absolute atomic E-state index is 0.0271. The van der Waals surface area contributed by atoms with Gasteiger partial charge in [0.05, 0.1) is 23.0 Å². The number of hydrogen-bond acceptors (Lipinski definition) is 4. The minimum Gasteiger partial charge on any atom is -0.322 e. The summed E-state index contributed by atoms with van der Waals surface area (Å²) in [5.74, 6) is -0.648. The topological polar surface area (TPSA) is 58.1 Å². The second-order valence-electron chi connectivity index (χ2n) is 6.99. The number of nitrogens with zero attached hydrogens (tertiary/aromatic N) is 3. The molecule has 5 nitrogen and oxygen atoms in total. The first-order valence-corrected chi connectivity index (χ1v) is 7.46. The van der Waals surface area contributed by atoms with Crippen molar-refractivity contribution in [2.75, 3.05) is 18.4 Å². The molecule has 120 valence electrons. The molecule has 1 fully saturated rings. The zero-order chi connectivity index (χ0) is 16.1. The highest BCUT2D eigenvalue weighted by Gasteiger charge is 2.51. The first kappa shape index (κ1) is 15.3. The van der Waals surface area contributed by atoms with Gasteiger partial charge in [0, 0.05) is 18.6 Å². The van der Waals surface area contributed by atoms with Crippen molar-refractivity contribution >= 4 is 11.6 Å². The second-order valence-corrected chi connectivity index (χ2v) is 6.99. The van der Waals surface area contributed by atoms with Gasteiger partial charge in [0.2, 0.25) is 5.91 Å². The lowest BCUT2D eigenvalue weighted by molar-refractivity contribution is -0.123. The standard InChI is InChI=1S/C15H20F2N4O/c1-14(2,3)21-6-4-15(5-7-21)10-9(19-13(15)22)8-18-12(20-10)11(16)17/h8,11H,4-7H2,1-3H3,(H,19,22). The number of aromatic nitrogens is 2. The molecule has 7 heteroatoms. The van der Waals surface area contributed by atoms with Crippen LogP contribution in [-0.2, 0) is 10.2 Å². The molecule has 0 unspecified atom stereocenters. The van der Waals surface area contributed by atoms with E-state index in [2.05, 4.69) is 41.0 Å². The minimum atomic E-state index is -2.73. The van der Waals surface area contributed by atoms with Gasteiger partial charge < -0.3 is 5.32 Å². The molecule has 22 heavy (non-hydrogen) atoms. The summed E-state index contributed by atoms with van der Waals surface area (Å²) in [5, 5.41) is 2.75. The van der Waals surface area contributed by atoms with Crippen molar-refractivity contribution in [2.45, 2.75) is 51.0 Å². The Balaban J connectivity index is 1.93. The molecule has 0 aromatic carbocycles. The summed E-state index contributed by atoms with van der Waals surface area (Å²) in [5.41, 5.74) is 0.151. The number of amides is 1. The largest absolute Gasteiger partial charge is 0.322 e. The third-order valence-electron chi connectivity index (χ3n) is 4.70. The smallest absolute Gasteiger partial charge is 0.297 e. The maximum absolute atomic E-state index is 12.9. The van der Waals surface area contributed by atoms with Crippen molar-refractivity contribution in [1.82, 2.24) is 14.9 Å². The Morgan fingerprint density at radius 1 is 1.32 bits per heavy atom. The molecule has 1 N–H and O–H groups in total. The van der Waals surface area contributed by atoms with Gasteiger partial charge in [0.1, 0.15) is 0 Å². The van der Waals surface area contributed by atoms with Gasteiger partial charge >= 0.3 is 0 Å². The third-order valence-corrected chi connectivity index (χ3v) is 4.70. The Bertz CT molecular complexity index is 604. The lowest BCUT2D eigenvalue weighted by atomic mass is 9.75. The van der Waals surface area contributed by atoms with Crippen LogP contribution in [0.4, 0.5) is 14.5 Å². The molecule has 2 aliphatic rings. The average molecular weight is 310 g/mol. The van der Waals surface area contributed by atoms with Crippen LogP contribution in [0.15, 0.2) is 6.20 Å². The SMILES string of the molecule is CC(C)(C)N1CCC2(CC1)C(=O)Nc1cnc(C(F)F)nc12. The maximum atomic E-state index is 12.9. The van der Waals surface area contributed by atoms with Crippen LogP contribution >= 0.6 is 0 Å². The summed E-state index contributed by atoms with van der Waals surface area (Å²) in [6.07, 6.45) is -0.259. The van der Waals surface area contributed by atoms with Crippen LogP contribution in [-0.4, -0.2) is 39.4 Å². The summed E-state index contributed by atoms with van der Waals surface area (Å²) >= 11 is 0. The van der Waals surface area contributed by atoms with Crippen LogP contribution in [0.3, 0.4) is 0 Å². The van der Waals surface area contributed by atoms with E-state index in [4.69, 9.17) is 0 Å². The number of nitrogens with one attached hydrogen (secondary N) is 1. The van der Waals surface area contributed by atoms with Gasteiger partial charge in [-0.1, -0.05) is 0 Å². The molecule has 1 aromatic heterocycles. The van der Waals surface area contributed by atoms with Gasteiger partial charge in [-0.3, -0.25) is 9.69 Å². The number of carbonyl (C=O) groups is 1. The van der Waals surface area contributed by atoms with Crippen LogP contribution in [0, 0.1) is 0 Å². The van der Waals surface area contributed by atoms with Gasteiger partial charge in [-0.05, 0) is 33.6 Å². The molecule has 0 atom stereocenters. The molecule has 0 bridgehead atoms. The van der Waals surface area contributed by atoms with Crippen molar-refractivity contribution in [3.05, 3.63) is 17.7 Å². The van der Waals surface area contributed by atoms with E-state index in [-0.39, 0.29) is 11.4 Å². The fraction of sp³-hybridized carbons (Fsp3) is 0.667. The predicted molar refractivity (Wildman–Crippen MR) is 77.9 cm³/mol.